The van der Waals surface area contributed by atoms with Crippen molar-refractivity contribution in [2.45, 2.75) is 90.1 Å². The van der Waals surface area contributed by atoms with Crippen molar-refractivity contribution in [2.24, 2.45) is 0 Å². The van der Waals surface area contributed by atoms with E-state index in [9.17, 15) is 0 Å². The highest BCUT2D eigenvalue weighted by Gasteiger charge is 2.38. The van der Waals surface area contributed by atoms with Crippen LogP contribution in [0.15, 0.2) is 72.8 Å². The number of nitrogens with two attached hydrogens (primary N) is 1. The second-order valence-corrected chi connectivity index (χ2v) is 20.5. The van der Waals surface area contributed by atoms with Crippen molar-refractivity contribution < 1.29 is 42.6 Å². The normalized spacial score (nSPS) is 18.5. The summed E-state index contributed by atoms with van der Waals surface area (Å²) in [5.41, 5.74) is 25.5. The van der Waals surface area contributed by atoms with Gasteiger partial charge < -0.3 is 48.4 Å². The van der Waals surface area contributed by atoms with Crippen LogP contribution in [-0.2, 0) is 58.2 Å². The van der Waals surface area contributed by atoms with Crippen molar-refractivity contribution in [3.05, 3.63) is 151 Å². The molecule has 6 aliphatic rings. The Hall–Kier alpha value is -6.51. The van der Waals surface area contributed by atoms with Crippen molar-refractivity contribution in [3.63, 3.8) is 0 Å². The van der Waals surface area contributed by atoms with Crippen LogP contribution in [0.3, 0.4) is 0 Å². The van der Waals surface area contributed by atoms with Crippen molar-refractivity contribution in [2.75, 3.05) is 89.4 Å². The van der Waals surface area contributed by atoms with E-state index in [0.29, 0.717) is 23.8 Å². The van der Waals surface area contributed by atoms with Crippen LogP contribution in [0, 0.1) is 13.8 Å². The van der Waals surface area contributed by atoms with Crippen molar-refractivity contribution in [1.29, 1.82) is 0 Å². The largest absolute Gasteiger partial charge is 0.496 e. The van der Waals surface area contributed by atoms with Gasteiger partial charge in [-0.25, -0.2) is 0 Å². The third-order valence-corrected chi connectivity index (χ3v) is 16.8. The molecular formula is C62H75ClN4O9. The zero-order chi connectivity index (χ0) is 52.7. The van der Waals surface area contributed by atoms with Crippen molar-refractivity contribution >= 4 is 18.1 Å². The van der Waals surface area contributed by atoms with E-state index in [1.54, 1.807) is 64.0 Å². The molecule has 0 saturated carbocycles. The molecule has 0 fully saturated rings. The van der Waals surface area contributed by atoms with Crippen molar-refractivity contribution in [1.82, 2.24) is 14.7 Å². The molecule has 0 saturated heterocycles. The smallest absolute Gasteiger partial charge is 0.165 e. The molecule has 3 atom stereocenters. The maximum atomic E-state index is 6.18. The maximum absolute atomic E-state index is 6.18. The van der Waals surface area contributed by atoms with Crippen LogP contribution in [0.4, 0.5) is 5.69 Å². The average molecular weight is 1060 g/mol. The summed E-state index contributed by atoms with van der Waals surface area (Å²) in [7, 11) is 15.4. The predicted molar refractivity (Wildman–Crippen MR) is 300 cm³/mol. The van der Waals surface area contributed by atoms with Crippen LogP contribution in [0.25, 0.3) is 0 Å². The van der Waals surface area contributed by atoms with E-state index >= 15 is 0 Å². The molecule has 0 unspecified atom stereocenters. The molecule has 0 aromatic heterocycles. The van der Waals surface area contributed by atoms with E-state index in [-0.39, 0.29) is 12.4 Å². The van der Waals surface area contributed by atoms with Gasteiger partial charge in [0.05, 0.1) is 69.7 Å². The number of rotatable bonds is 9. The molecule has 0 bridgehead atoms. The van der Waals surface area contributed by atoms with E-state index < -0.39 is 0 Å². The highest BCUT2D eigenvalue weighted by molar-refractivity contribution is 5.85. The number of nitrogen functional groups attached to an aromatic ring is 1. The van der Waals surface area contributed by atoms with Gasteiger partial charge in [0.15, 0.2) is 34.5 Å². The number of fused-ring (bicyclic) bond motifs is 12. The molecule has 0 radical (unpaired) electrons. The number of benzene rings is 6. The minimum Gasteiger partial charge on any atom is -0.496 e. The number of anilines is 1. The third kappa shape index (κ3) is 9.91. The monoisotopic (exact) mass is 1050 g/mol. The molecule has 2 N–H and O–H groups in total. The number of aryl methyl sites for hydroxylation is 2. The summed E-state index contributed by atoms with van der Waals surface area (Å²) in [6.45, 7) is 10.1. The van der Waals surface area contributed by atoms with E-state index in [2.05, 4.69) is 83.1 Å². The van der Waals surface area contributed by atoms with E-state index in [4.69, 9.17) is 48.4 Å². The molecule has 0 aliphatic carbocycles. The molecule has 6 aliphatic heterocycles. The summed E-state index contributed by atoms with van der Waals surface area (Å²) in [5.74, 6) is 7.82. The van der Waals surface area contributed by atoms with Crippen LogP contribution >= 0.6 is 12.4 Å². The van der Waals surface area contributed by atoms with Gasteiger partial charge in [-0.1, -0.05) is 30.3 Å². The molecule has 0 spiro atoms. The summed E-state index contributed by atoms with van der Waals surface area (Å²) >= 11 is 0. The van der Waals surface area contributed by atoms with Gasteiger partial charge in [0.1, 0.15) is 17.2 Å². The highest BCUT2D eigenvalue weighted by atomic mass is 35.5. The predicted octanol–water partition coefficient (Wildman–Crippen LogP) is 10.7. The minimum atomic E-state index is 0. The van der Waals surface area contributed by atoms with Gasteiger partial charge in [-0.2, -0.15) is 0 Å². The highest BCUT2D eigenvalue weighted by Crippen LogP contribution is 2.48. The molecule has 14 heteroatoms. The molecule has 6 aromatic rings. The Kier molecular flexibility index (Phi) is 16.4. The Morgan fingerprint density at radius 3 is 0.974 bits per heavy atom. The van der Waals surface area contributed by atoms with Gasteiger partial charge >= 0.3 is 0 Å². The minimum absolute atomic E-state index is 0. The SMILES string of the molecule is COc1cc2c(cc1C)[C@@H]1Cc3ccc(OC)c(OC)c3CN1CC2.COc1cc2c(cc1C)[C@@H]1Cc3ccc(OC)c(OC)c3CN1CC2.COc1cc2c(cc1N)[C@@H]1Cc3ccc(OC)c(OC)c3CN1CC2.Cl. The van der Waals surface area contributed by atoms with Gasteiger partial charge in [0, 0.05) is 74.1 Å². The fraction of sp³-hybridized carbons (Fsp3) is 0.419. The number of halogens is 1. The molecule has 0 amide bonds. The first-order valence-corrected chi connectivity index (χ1v) is 26.2. The molecule has 76 heavy (non-hydrogen) atoms. The number of methoxy groups -OCH3 is 9. The second-order valence-electron chi connectivity index (χ2n) is 20.5. The van der Waals surface area contributed by atoms with Gasteiger partial charge in [0.2, 0.25) is 0 Å². The molecule has 6 heterocycles. The van der Waals surface area contributed by atoms with Crippen LogP contribution < -0.4 is 48.4 Å². The summed E-state index contributed by atoms with van der Waals surface area (Å²) in [5, 5.41) is 0. The number of hydrogen-bond acceptors (Lipinski definition) is 13. The first-order valence-electron chi connectivity index (χ1n) is 26.2. The fourth-order valence-electron chi connectivity index (χ4n) is 12.9. The standard InChI is InChI=1S/2C21H25NO3.C20H24N2O3.ClH/c2*1-13-9-16-15(11-20(13)24-3)7-8-22-12-17-14(10-18(16)22)5-6-19(23-2)21(17)25-4;1-23-18-5-4-12-8-17-14-10-16(21)19(24-2)9-13(14)6-7-22(17)11-15(12)20(18)25-3;/h2*5-6,9,11,18H,7-8,10,12H2,1-4H3;4-5,9-10,17H,6-8,11,21H2,1-3H3;1H/t2*18-;17-;/m000./s1. The van der Waals surface area contributed by atoms with Crippen LogP contribution in [0.1, 0.15) is 96.0 Å². The van der Waals surface area contributed by atoms with Gasteiger partial charge in [-0.3, -0.25) is 14.7 Å². The molecule has 12 rings (SSSR count). The van der Waals surface area contributed by atoms with E-state index in [1.807, 2.05) is 18.2 Å². The lowest BCUT2D eigenvalue weighted by atomic mass is 9.83. The number of hydrogen-bond donors (Lipinski definition) is 1. The van der Waals surface area contributed by atoms with Gasteiger partial charge in [-0.15, -0.1) is 12.4 Å². The Bertz CT molecular complexity index is 2780. The van der Waals surface area contributed by atoms with Crippen LogP contribution in [0.5, 0.6) is 51.7 Å². The quantitative estimate of drug-likeness (QED) is 0.139. The second kappa shape index (κ2) is 23.0. The maximum Gasteiger partial charge on any atom is 0.165 e. The lowest BCUT2D eigenvalue weighted by Crippen LogP contribution is -2.39. The Morgan fingerprint density at radius 1 is 0.368 bits per heavy atom. The first-order chi connectivity index (χ1) is 36.5. The average Bonchev–Trinajstić information content (AvgIpc) is 3.45. The van der Waals surface area contributed by atoms with Gasteiger partial charge in [0.25, 0.3) is 0 Å². The lowest BCUT2D eigenvalue weighted by molar-refractivity contribution is 0.157. The molecule has 6 aromatic carbocycles. The first kappa shape index (κ1) is 54.3. The van der Waals surface area contributed by atoms with Crippen molar-refractivity contribution in [3.8, 4) is 51.7 Å². The number of ether oxygens (including phenoxy) is 9. The Labute approximate surface area is 455 Å². The third-order valence-electron chi connectivity index (χ3n) is 16.8. The van der Waals surface area contributed by atoms with E-state index in [0.717, 1.165) is 130 Å². The summed E-state index contributed by atoms with van der Waals surface area (Å²) in [4.78, 5) is 7.65. The van der Waals surface area contributed by atoms with Gasteiger partial charge in [-0.05, 0) is 156 Å². The Morgan fingerprint density at radius 2 is 0.671 bits per heavy atom. The summed E-state index contributed by atoms with van der Waals surface area (Å²) < 4.78 is 49.8. The molecule has 13 nitrogen and oxygen atoms in total. The fourth-order valence-corrected chi connectivity index (χ4v) is 12.9. The topological polar surface area (TPSA) is 119 Å². The Balaban J connectivity index is 0.000000138. The summed E-state index contributed by atoms with van der Waals surface area (Å²) in [6, 6.07) is 27.1. The number of nitrogens with zero attached hydrogens (tertiary/aromatic N) is 3. The molecular weight excluding hydrogens is 980 g/mol. The zero-order valence-corrected chi connectivity index (χ0v) is 47.0. The van der Waals surface area contributed by atoms with Crippen LogP contribution in [0.2, 0.25) is 0 Å². The summed E-state index contributed by atoms with van der Waals surface area (Å²) in [6.07, 6.45) is 6.09. The lowest BCUT2D eigenvalue weighted by Gasteiger charge is -2.42. The zero-order valence-electron chi connectivity index (χ0n) is 46.1. The van der Waals surface area contributed by atoms with Crippen LogP contribution in [-0.4, -0.2) is 98.3 Å². The van der Waals surface area contributed by atoms with E-state index in [1.165, 1.54) is 77.9 Å². The molecule has 404 valence electrons.